The summed E-state index contributed by atoms with van der Waals surface area (Å²) in [6, 6.07) is 2.83. The van der Waals surface area contributed by atoms with E-state index in [2.05, 4.69) is 5.10 Å². The van der Waals surface area contributed by atoms with Gasteiger partial charge in [0.05, 0.1) is 5.69 Å². The van der Waals surface area contributed by atoms with Crippen LogP contribution in [0.25, 0.3) is 5.69 Å². The minimum absolute atomic E-state index is 0.316. The number of carboxylic acids is 1. The highest BCUT2D eigenvalue weighted by molar-refractivity contribution is 5.86. The van der Waals surface area contributed by atoms with E-state index >= 15 is 0 Å². The van der Waals surface area contributed by atoms with E-state index < -0.39 is 29.1 Å². The van der Waals surface area contributed by atoms with Crippen molar-refractivity contribution in [1.29, 1.82) is 0 Å². The summed E-state index contributed by atoms with van der Waals surface area (Å²) in [5.74, 6) is -5.85. The Morgan fingerprint density at radius 2 is 1.94 bits per heavy atom. The largest absolute Gasteiger partial charge is 0.477 e. The number of aromatic nitrogens is 2. The number of hydrogen-bond donors (Lipinski definition) is 1. The molecule has 0 aliphatic rings. The number of carbonyl (C=O) groups is 1. The van der Waals surface area contributed by atoms with Crippen LogP contribution in [-0.4, -0.2) is 20.9 Å². The van der Waals surface area contributed by atoms with E-state index in [1.54, 1.807) is 0 Å². The minimum atomic E-state index is -1.67. The first-order valence-corrected chi connectivity index (χ1v) is 4.85. The van der Waals surface area contributed by atoms with Crippen LogP contribution in [0.3, 0.4) is 0 Å². The van der Waals surface area contributed by atoms with Gasteiger partial charge in [0.1, 0.15) is 5.69 Å². The molecule has 0 atom stereocenters. The molecule has 18 heavy (non-hydrogen) atoms. The Kier molecular flexibility index (Phi) is 2.82. The zero-order chi connectivity index (χ0) is 13.4. The van der Waals surface area contributed by atoms with Crippen molar-refractivity contribution in [3.8, 4) is 5.69 Å². The van der Waals surface area contributed by atoms with Crippen molar-refractivity contribution in [2.45, 2.75) is 6.92 Å². The van der Waals surface area contributed by atoms with Gasteiger partial charge in [-0.2, -0.15) is 5.10 Å². The number of rotatable bonds is 2. The molecule has 0 unspecified atom stereocenters. The van der Waals surface area contributed by atoms with Crippen LogP contribution < -0.4 is 0 Å². The first-order chi connectivity index (χ1) is 8.41. The number of halogens is 3. The van der Waals surface area contributed by atoms with Crippen molar-refractivity contribution in [3.63, 3.8) is 0 Å². The first kappa shape index (κ1) is 12.2. The van der Waals surface area contributed by atoms with Crippen LogP contribution in [0.15, 0.2) is 18.2 Å². The van der Waals surface area contributed by atoms with Crippen LogP contribution in [-0.2, 0) is 0 Å². The van der Waals surface area contributed by atoms with E-state index in [-0.39, 0.29) is 5.69 Å². The molecule has 0 bridgehead atoms. The van der Waals surface area contributed by atoms with Crippen molar-refractivity contribution in [2.75, 3.05) is 0 Å². The summed E-state index contributed by atoms with van der Waals surface area (Å²) in [6.45, 7) is 1.50. The van der Waals surface area contributed by atoms with Gasteiger partial charge >= 0.3 is 5.97 Å². The molecule has 0 fully saturated rings. The van der Waals surface area contributed by atoms with Gasteiger partial charge in [-0.15, -0.1) is 0 Å². The van der Waals surface area contributed by atoms with Gasteiger partial charge in [0.15, 0.2) is 23.1 Å². The fourth-order valence-corrected chi connectivity index (χ4v) is 1.51. The molecule has 0 aliphatic carbocycles. The van der Waals surface area contributed by atoms with E-state index in [0.29, 0.717) is 11.8 Å². The zero-order valence-corrected chi connectivity index (χ0v) is 9.12. The van der Waals surface area contributed by atoms with Gasteiger partial charge in [-0.25, -0.2) is 22.6 Å². The summed E-state index contributed by atoms with van der Waals surface area (Å²) < 4.78 is 40.1. The molecule has 0 amide bonds. The minimum Gasteiger partial charge on any atom is -0.477 e. The molecule has 0 radical (unpaired) electrons. The van der Waals surface area contributed by atoms with E-state index in [9.17, 15) is 18.0 Å². The first-order valence-electron chi connectivity index (χ1n) is 4.85. The van der Waals surface area contributed by atoms with Gasteiger partial charge in [-0.1, -0.05) is 0 Å². The summed E-state index contributed by atoms with van der Waals surface area (Å²) >= 11 is 0. The molecule has 2 aromatic rings. The number of aromatic carboxylic acids is 1. The fourth-order valence-electron chi connectivity index (χ4n) is 1.51. The highest BCUT2D eigenvalue weighted by Crippen LogP contribution is 2.20. The predicted molar refractivity (Wildman–Crippen MR) is 55.1 cm³/mol. The lowest BCUT2D eigenvalue weighted by molar-refractivity contribution is 0.0687. The molecule has 7 heteroatoms. The molecule has 0 saturated heterocycles. The zero-order valence-electron chi connectivity index (χ0n) is 9.12. The smallest absolute Gasteiger partial charge is 0.354 e. The Labute approximate surface area is 99.3 Å². The molecule has 1 N–H and O–H groups in total. The lowest BCUT2D eigenvalue weighted by atomic mass is 10.2. The van der Waals surface area contributed by atoms with Crippen LogP contribution in [0.1, 0.15) is 16.2 Å². The Hall–Kier alpha value is -2.31. The van der Waals surface area contributed by atoms with Crippen LogP contribution in [0, 0.1) is 24.4 Å². The number of aryl methyl sites for hydroxylation is 1. The highest BCUT2D eigenvalue weighted by atomic mass is 19.2. The van der Waals surface area contributed by atoms with Crippen LogP contribution >= 0.6 is 0 Å². The maximum Gasteiger partial charge on any atom is 0.354 e. The topological polar surface area (TPSA) is 55.1 Å². The van der Waals surface area contributed by atoms with Crippen LogP contribution in [0.5, 0.6) is 0 Å². The monoisotopic (exact) mass is 256 g/mol. The molecule has 1 aromatic carbocycles. The molecule has 0 saturated carbocycles. The normalized spacial score (nSPS) is 10.7. The number of carboxylic acid groups (broad SMARTS) is 1. The van der Waals surface area contributed by atoms with Crippen molar-refractivity contribution in [3.05, 3.63) is 47.0 Å². The molecular weight excluding hydrogens is 249 g/mol. The standard InChI is InChI=1S/C11H7F3N2O2/c1-5-4-8(11(17)18)16(15-5)7-3-2-6(12)9(13)10(7)14/h2-4H,1H3,(H,17,18). The second-order valence-electron chi connectivity index (χ2n) is 3.58. The van der Waals surface area contributed by atoms with E-state index in [1.165, 1.54) is 13.0 Å². The van der Waals surface area contributed by atoms with Gasteiger partial charge in [0, 0.05) is 0 Å². The van der Waals surface area contributed by atoms with E-state index in [1.807, 2.05) is 0 Å². The summed E-state index contributed by atoms with van der Waals surface area (Å²) in [6.07, 6.45) is 0. The van der Waals surface area contributed by atoms with Gasteiger partial charge in [-0.05, 0) is 25.1 Å². The van der Waals surface area contributed by atoms with Crippen LogP contribution in [0.2, 0.25) is 0 Å². The molecule has 4 nitrogen and oxygen atoms in total. The van der Waals surface area contributed by atoms with Gasteiger partial charge < -0.3 is 5.11 Å². The Morgan fingerprint density at radius 3 is 2.56 bits per heavy atom. The van der Waals surface area contributed by atoms with Gasteiger partial charge in [0.25, 0.3) is 0 Å². The molecule has 1 aromatic heterocycles. The lowest BCUT2D eigenvalue weighted by Gasteiger charge is -2.06. The van der Waals surface area contributed by atoms with Crippen molar-refractivity contribution < 1.29 is 23.1 Å². The molecule has 2 rings (SSSR count). The summed E-state index contributed by atoms with van der Waals surface area (Å²) in [5.41, 5.74) is -0.478. The third-order valence-electron chi connectivity index (χ3n) is 2.29. The molecule has 0 aliphatic heterocycles. The summed E-state index contributed by atoms with van der Waals surface area (Å²) in [4.78, 5) is 10.9. The van der Waals surface area contributed by atoms with Gasteiger partial charge in [-0.3, -0.25) is 0 Å². The second kappa shape index (κ2) is 4.17. The third-order valence-corrected chi connectivity index (χ3v) is 2.29. The Balaban J connectivity index is 2.70. The number of hydrogen-bond acceptors (Lipinski definition) is 2. The van der Waals surface area contributed by atoms with Crippen molar-refractivity contribution in [2.24, 2.45) is 0 Å². The van der Waals surface area contributed by atoms with Crippen molar-refractivity contribution in [1.82, 2.24) is 9.78 Å². The molecule has 94 valence electrons. The second-order valence-corrected chi connectivity index (χ2v) is 3.58. The molecule has 1 heterocycles. The number of benzene rings is 1. The summed E-state index contributed by atoms with van der Waals surface area (Å²) in [5, 5.41) is 12.6. The number of nitrogens with zero attached hydrogens (tertiary/aromatic N) is 2. The quantitative estimate of drug-likeness (QED) is 0.839. The van der Waals surface area contributed by atoms with E-state index in [4.69, 9.17) is 5.11 Å². The van der Waals surface area contributed by atoms with E-state index in [0.717, 1.165) is 10.7 Å². The average Bonchev–Trinajstić information content (AvgIpc) is 2.68. The Morgan fingerprint density at radius 1 is 1.28 bits per heavy atom. The molecule has 0 spiro atoms. The molecular formula is C11H7F3N2O2. The fraction of sp³-hybridized carbons (Fsp3) is 0.0909. The maximum atomic E-state index is 13.5. The SMILES string of the molecule is Cc1cc(C(=O)O)n(-c2ccc(F)c(F)c2F)n1. The third kappa shape index (κ3) is 1.83. The lowest BCUT2D eigenvalue weighted by Crippen LogP contribution is -2.11. The Bertz CT molecular complexity index is 637. The van der Waals surface area contributed by atoms with Crippen LogP contribution in [0.4, 0.5) is 13.2 Å². The van der Waals surface area contributed by atoms with Gasteiger partial charge in [0.2, 0.25) is 0 Å². The predicted octanol–water partition coefficient (Wildman–Crippen LogP) is 2.30. The maximum absolute atomic E-state index is 13.5. The highest BCUT2D eigenvalue weighted by Gasteiger charge is 2.20. The summed E-state index contributed by atoms with van der Waals surface area (Å²) in [7, 11) is 0. The average molecular weight is 256 g/mol. The van der Waals surface area contributed by atoms with Crippen molar-refractivity contribution >= 4 is 5.97 Å².